The van der Waals surface area contributed by atoms with E-state index in [1.54, 1.807) is 13.0 Å². The van der Waals surface area contributed by atoms with Gasteiger partial charge in [-0.05, 0) is 47.9 Å². The molecule has 0 saturated carbocycles. The van der Waals surface area contributed by atoms with Crippen molar-refractivity contribution in [3.63, 3.8) is 0 Å². The molecule has 0 heterocycles. The molecule has 2 atom stereocenters. The van der Waals surface area contributed by atoms with Crippen LogP contribution in [0.5, 0.6) is 0 Å². The molecule has 20 heavy (non-hydrogen) atoms. The van der Waals surface area contributed by atoms with Crippen LogP contribution in [0.25, 0.3) is 0 Å². The molecule has 2 unspecified atom stereocenters. The first kappa shape index (κ1) is 15.2. The van der Waals surface area contributed by atoms with Gasteiger partial charge in [0.05, 0.1) is 6.10 Å². The minimum atomic E-state index is -0.824. The lowest BCUT2D eigenvalue weighted by molar-refractivity contribution is 0.147. The second kappa shape index (κ2) is 6.48. The van der Waals surface area contributed by atoms with Gasteiger partial charge in [0.25, 0.3) is 0 Å². The Balaban J connectivity index is 2.33. The van der Waals surface area contributed by atoms with Crippen molar-refractivity contribution in [2.45, 2.75) is 18.9 Å². The SMILES string of the molecule is Cc1cc(F)cc(C(O)C(CN)c2ccc(Br)cc2)c1. The predicted molar refractivity (Wildman–Crippen MR) is 82.0 cm³/mol. The van der Waals surface area contributed by atoms with Crippen LogP contribution in [0.1, 0.15) is 28.7 Å². The molecule has 0 saturated heterocycles. The van der Waals surface area contributed by atoms with Gasteiger partial charge in [0.15, 0.2) is 0 Å². The molecule has 0 aliphatic carbocycles. The molecule has 0 bridgehead atoms. The molecule has 3 N–H and O–H groups in total. The van der Waals surface area contributed by atoms with E-state index in [0.717, 1.165) is 15.6 Å². The topological polar surface area (TPSA) is 46.2 Å². The van der Waals surface area contributed by atoms with Gasteiger partial charge in [-0.2, -0.15) is 0 Å². The number of hydrogen-bond acceptors (Lipinski definition) is 2. The molecule has 2 aromatic carbocycles. The van der Waals surface area contributed by atoms with Gasteiger partial charge in [0, 0.05) is 16.9 Å². The van der Waals surface area contributed by atoms with Crippen LogP contribution in [-0.4, -0.2) is 11.7 Å². The van der Waals surface area contributed by atoms with Crippen LogP contribution in [0.15, 0.2) is 46.9 Å². The molecular weight excluding hydrogens is 321 g/mol. The van der Waals surface area contributed by atoms with E-state index in [9.17, 15) is 9.50 Å². The standard InChI is InChI=1S/C16H17BrFNO/c1-10-6-12(8-14(18)7-10)16(20)15(9-19)11-2-4-13(17)5-3-11/h2-8,15-16,20H,9,19H2,1H3. The number of halogens is 2. The number of hydrogen-bond donors (Lipinski definition) is 2. The van der Waals surface area contributed by atoms with Crippen molar-refractivity contribution in [1.29, 1.82) is 0 Å². The minimum absolute atomic E-state index is 0.260. The van der Waals surface area contributed by atoms with Gasteiger partial charge >= 0.3 is 0 Å². The zero-order valence-electron chi connectivity index (χ0n) is 11.2. The van der Waals surface area contributed by atoms with Crippen molar-refractivity contribution < 1.29 is 9.50 Å². The number of nitrogens with two attached hydrogens (primary N) is 1. The molecule has 106 valence electrons. The Morgan fingerprint density at radius 3 is 2.35 bits per heavy atom. The summed E-state index contributed by atoms with van der Waals surface area (Å²) < 4.78 is 14.4. The second-order valence-electron chi connectivity index (χ2n) is 4.90. The Bertz CT molecular complexity index is 565. The molecule has 4 heteroatoms. The molecule has 0 spiro atoms. The minimum Gasteiger partial charge on any atom is -0.388 e. The highest BCUT2D eigenvalue weighted by Gasteiger charge is 2.22. The van der Waals surface area contributed by atoms with E-state index in [1.165, 1.54) is 12.1 Å². The summed E-state index contributed by atoms with van der Waals surface area (Å²) in [5, 5.41) is 10.5. The maximum Gasteiger partial charge on any atom is 0.123 e. The van der Waals surface area contributed by atoms with Crippen molar-refractivity contribution >= 4 is 15.9 Å². The zero-order chi connectivity index (χ0) is 14.7. The van der Waals surface area contributed by atoms with Crippen molar-refractivity contribution in [3.05, 3.63) is 69.4 Å². The Morgan fingerprint density at radius 2 is 1.80 bits per heavy atom. The van der Waals surface area contributed by atoms with Gasteiger partial charge in [-0.1, -0.05) is 34.1 Å². The van der Waals surface area contributed by atoms with E-state index in [-0.39, 0.29) is 11.7 Å². The van der Waals surface area contributed by atoms with Gasteiger partial charge in [-0.15, -0.1) is 0 Å². The Morgan fingerprint density at radius 1 is 1.15 bits per heavy atom. The fourth-order valence-electron chi connectivity index (χ4n) is 2.32. The molecule has 0 fully saturated rings. The van der Waals surface area contributed by atoms with Crippen molar-refractivity contribution in [1.82, 2.24) is 0 Å². The van der Waals surface area contributed by atoms with Gasteiger partial charge in [-0.3, -0.25) is 0 Å². The lowest BCUT2D eigenvalue weighted by Gasteiger charge is -2.23. The lowest BCUT2D eigenvalue weighted by Crippen LogP contribution is -2.20. The maximum atomic E-state index is 13.5. The molecule has 0 aliphatic heterocycles. The van der Waals surface area contributed by atoms with Gasteiger partial charge in [-0.25, -0.2) is 4.39 Å². The van der Waals surface area contributed by atoms with Crippen molar-refractivity contribution in [2.75, 3.05) is 6.54 Å². The highest BCUT2D eigenvalue weighted by atomic mass is 79.9. The number of benzene rings is 2. The molecule has 0 radical (unpaired) electrons. The van der Waals surface area contributed by atoms with E-state index >= 15 is 0 Å². The maximum absolute atomic E-state index is 13.5. The van der Waals surface area contributed by atoms with Gasteiger partial charge in [0.1, 0.15) is 5.82 Å². The van der Waals surface area contributed by atoms with Crippen molar-refractivity contribution in [2.24, 2.45) is 5.73 Å². The van der Waals surface area contributed by atoms with E-state index < -0.39 is 6.10 Å². The Labute approximate surface area is 126 Å². The van der Waals surface area contributed by atoms with Crippen molar-refractivity contribution in [3.8, 4) is 0 Å². The van der Waals surface area contributed by atoms with Crippen LogP contribution in [-0.2, 0) is 0 Å². The van der Waals surface area contributed by atoms with Crippen LogP contribution in [0.2, 0.25) is 0 Å². The number of aliphatic hydroxyl groups is 1. The highest BCUT2D eigenvalue weighted by Crippen LogP contribution is 2.31. The van der Waals surface area contributed by atoms with Crippen LogP contribution in [0.4, 0.5) is 4.39 Å². The molecule has 0 aliphatic rings. The summed E-state index contributed by atoms with van der Waals surface area (Å²) in [6.07, 6.45) is -0.824. The van der Waals surface area contributed by atoms with E-state index in [0.29, 0.717) is 12.1 Å². The summed E-state index contributed by atoms with van der Waals surface area (Å²) in [7, 11) is 0. The first-order valence-corrected chi connectivity index (χ1v) is 7.21. The monoisotopic (exact) mass is 337 g/mol. The average Bonchev–Trinajstić information content (AvgIpc) is 2.40. The number of aliphatic hydroxyl groups excluding tert-OH is 1. The van der Waals surface area contributed by atoms with Crippen LogP contribution >= 0.6 is 15.9 Å². The fourth-order valence-corrected chi connectivity index (χ4v) is 2.59. The summed E-state index contributed by atoms with van der Waals surface area (Å²) in [5.41, 5.74) is 8.07. The summed E-state index contributed by atoms with van der Waals surface area (Å²) >= 11 is 3.37. The smallest absolute Gasteiger partial charge is 0.123 e. The average molecular weight is 338 g/mol. The van der Waals surface area contributed by atoms with E-state index in [2.05, 4.69) is 15.9 Å². The molecule has 0 amide bonds. The summed E-state index contributed by atoms with van der Waals surface area (Å²) in [4.78, 5) is 0. The lowest BCUT2D eigenvalue weighted by atomic mass is 9.89. The normalized spacial score (nSPS) is 14.1. The highest BCUT2D eigenvalue weighted by molar-refractivity contribution is 9.10. The second-order valence-corrected chi connectivity index (χ2v) is 5.82. The quantitative estimate of drug-likeness (QED) is 0.893. The van der Waals surface area contributed by atoms with Gasteiger partial charge in [0.2, 0.25) is 0 Å². The first-order chi connectivity index (χ1) is 9.51. The van der Waals surface area contributed by atoms with E-state index in [1.807, 2.05) is 24.3 Å². The molecular formula is C16H17BrFNO. The predicted octanol–water partition coefficient (Wildman–Crippen LogP) is 3.67. The van der Waals surface area contributed by atoms with Crippen LogP contribution in [0, 0.1) is 12.7 Å². The zero-order valence-corrected chi connectivity index (χ0v) is 12.8. The van der Waals surface area contributed by atoms with E-state index in [4.69, 9.17) is 5.73 Å². The number of rotatable bonds is 4. The largest absolute Gasteiger partial charge is 0.388 e. The molecule has 2 rings (SSSR count). The Hall–Kier alpha value is -1.23. The van der Waals surface area contributed by atoms with Gasteiger partial charge < -0.3 is 10.8 Å². The van der Waals surface area contributed by atoms with Crippen LogP contribution in [0.3, 0.4) is 0 Å². The first-order valence-electron chi connectivity index (χ1n) is 6.42. The summed E-state index contributed by atoms with van der Waals surface area (Å²) in [6.45, 7) is 2.09. The third-order valence-electron chi connectivity index (χ3n) is 3.34. The third kappa shape index (κ3) is 3.45. The van der Waals surface area contributed by atoms with Crippen LogP contribution < -0.4 is 5.73 Å². The summed E-state index contributed by atoms with van der Waals surface area (Å²) in [5.74, 6) is -0.602. The molecule has 2 aromatic rings. The summed E-state index contributed by atoms with van der Waals surface area (Å²) in [6, 6.07) is 12.2. The Kier molecular flexibility index (Phi) is 4.91. The molecule has 0 aromatic heterocycles. The fraction of sp³-hybridized carbons (Fsp3) is 0.250. The molecule has 2 nitrogen and oxygen atoms in total. The number of aryl methyl sites for hydroxylation is 1. The third-order valence-corrected chi connectivity index (χ3v) is 3.87.